The molecular formula is C9H14ClN3O2S. The highest BCUT2D eigenvalue weighted by Crippen LogP contribution is 2.16. The Labute approximate surface area is 101 Å². The van der Waals surface area contributed by atoms with Gasteiger partial charge in [0.15, 0.2) is 0 Å². The molecule has 1 aromatic heterocycles. The predicted molar refractivity (Wildman–Crippen MR) is 61.7 cm³/mol. The lowest BCUT2D eigenvalue weighted by molar-refractivity contribution is 0.380. The minimum atomic E-state index is -3.52. The van der Waals surface area contributed by atoms with Crippen LogP contribution in [0.3, 0.4) is 0 Å². The summed E-state index contributed by atoms with van der Waals surface area (Å²) in [5.41, 5.74) is 0. The summed E-state index contributed by atoms with van der Waals surface area (Å²) in [5.74, 6) is 0. The minimum Gasteiger partial charge on any atom is -0.225 e. The van der Waals surface area contributed by atoms with Gasteiger partial charge in [-0.25, -0.2) is 18.4 Å². The zero-order chi connectivity index (χ0) is 12.3. The molecule has 0 fully saturated rings. The second-order valence-electron chi connectivity index (χ2n) is 3.47. The van der Waals surface area contributed by atoms with Crippen LogP contribution >= 0.6 is 11.6 Å². The van der Waals surface area contributed by atoms with Crippen molar-refractivity contribution >= 4 is 21.6 Å². The largest absolute Gasteiger partial charge is 0.246 e. The van der Waals surface area contributed by atoms with E-state index in [4.69, 9.17) is 11.6 Å². The molecule has 0 saturated heterocycles. The van der Waals surface area contributed by atoms with E-state index in [0.717, 1.165) is 6.42 Å². The van der Waals surface area contributed by atoms with E-state index in [0.29, 0.717) is 0 Å². The van der Waals surface area contributed by atoms with Crippen molar-refractivity contribution in [3.8, 4) is 0 Å². The number of halogens is 1. The summed E-state index contributed by atoms with van der Waals surface area (Å²) in [5, 5.41) is 0.0325. The molecule has 7 heteroatoms. The van der Waals surface area contributed by atoms with Crippen LogP contribution in [0.25, 0.3) is 0 Å². The summed E-state index contributed by atoms with van der Waals surface area (Å²) >= 11 is 5.50. The first-order chi connectivity index (χ1) is 7.39. The van der Waals surface area contributed by atoms with Crippen LogP contribution < -0.4 is 0 Å². The molecule has 0 saturated carbocycles. The molecule has 90 valence electrons. The number of hydrogen-bond donors (Lipinski definition) is 0. The lowest BCUT2D eigenvalue weighted by Gasteiger charge is -2.22. The van der Waals surface area contributed by atoms with E-state index in [1.165, 1.54) is 23.7 Å². The normalized spacial score (nSPS) is 14.1. The van der Waals surface area contributed by atoms with E-state index in [2.05, 4.69) is 9.97 Å². The van der Waals surface area contributed by atoms with Gasteiger partial charge in [-0.3, -0.25) is 0 Å². The van der Waals surface area contributed by atoms with E-state index in [9.17, 15) is 8.42 Å². The van der Waals surface area contributed by atoms with Crippen molar-refractivity contribution in [1.29, 1.82) is 0 Å². The van der Waals surface area contributed by atoms with Crippen LogP contribution in [0.4, 0.5) is 0 Å². The number of rotatable bonds is 4. The average Bonchev–Trinajstić information content (AvgIpc) is 2.27. The Morgan fingerprint density at radius 2 is 1.94 bits per heavy atom. The zero-order valence-corrected chi connectivity index (χ0v) is 11.0. The van der Waals surface area contributed by atoms with Crippen LogP contribution in [0.15, 0.2) is 17.3 Å². The van der Waals surface area contributed by atoms with Gasteiger partial charge in [0.1, 0.15) is 4.90 Å². The third-order valence-electron chi connectivity index (χ3n) is 2.49. The summed E-state index contributed by atoms with van der Waals surface area (Å²) < 4.78 is 25.4. The lowest BCUT2D eigenvalue weighted by atomic mass is 10.3. The Morgan fingerprint density at radius 3 is 2.38 bits per heavy atom. The maximum absolute atomic E-state index is 12.0. The molecule has 0 amide bonds. The molecule has 1 rings (SSSR count). The van der Waals surface area contributed by atoms with Gasteiger partial charge in [-0.1, -0.05) is 6.92 Å². The highest BCUT2D eigenvalue weighted by Gasteiger charge is 2.24. The molecule has 16 heavy (non-hydrogen) atoms. The van der Waals surface area contributed by atoms with Crippen LogP contribution in [0.2, 0.25) is 5.28 Å². The van der Waals surface area contributed by atoms with E-state index >= 15 is 0 Å². The van der Waals surface area contributed by atoms with Gasteiger partial charge in [0.25, 0.3) is 0 Å². The molecule has 0 aliphatic heterocycles. The first kappa shape index (κ1) is 13.3. The lowest BCUT2D eigenvalue weighted by Crippen LogP contribution is -2.34. The quantitative estimate of drug-likeness (QED) is 0.773. The molecule has 0 aromatic carbocycles. The molecule has 0 N–H and O–H groups in total. The molecular weight excluding hydrogens is 250 g/mol. The number of sulfonamides is 1. The SMILES string of the molecule is CCC(C)N(C)S(=O)(=O)c1cnc(Cl)nc1. The standard InChI is InChI=1S/C9H14ClN3O2S/c1-4-7(2)13(3)16(14,15)8-5-11-9(10)12-6-8/h5-7H,4H2,1-3H3. The van der Waals surface area contributed by atoms with E-state index in [-0.39, 0.29) is 16.2 Å². The van der Waals surface area contributed by atoms with Crippen molar-refractivity contribution in [2.24, 2.45) is 0 Å². The van der Waals surface area contributed by atoms with Gasteiger partial charge >= 0.3 is 0 Å². The van der Waals surface area contributed by atoms with Gasteiger partial charge in [0, 0.05) is 13.1 Å². The molecule has 1 heterocycles. The van der Waals surface area contributed by atoms with Crippen LogP contribution in [0, 0.1) is 0 Å². The highest BCUT2D eigenvalue weighted by molar-refractivity contribution is 7.89. The molecule has 0 bridgehead atoms. The highest BCUT2D eigenvalue weighted by atomic mass is 35.5. The van der Waals surface area contributed by atoms with Crippen LogP contribution in [0.5, 0.6) is 0 Å². The summed E-state index contributed by atoms with van der Waals surface area (Å²) in [6, 6.07) is -0.0688. The molecule has 1 atom stereocenters. The zero-order valence-electron chi connectivity index (χ0n) is 9.38. The monoisotopic (exact) mass is 263 g/mol. The number of aromatic nitrogens is 2. The molecule has 0 aliphatic carbocycles. The number of nitrogens with zero attached hydrogens (tertiary/aromatic N) is 3. The van der Waals surface area contributed by atoms with Gasteiger partial charge in [-0.15, -0.1) is 0 Å². The number of hydrogen-bond acceptors (Lipinski definition) is 4. The van der Waals surface area contributed by atoms with Crippen LogP contribution in [-0.2, 0) is 10.0 Å². The molecule has 1 unspecified atom stereocenters. The summed E-state index contributed by atoms with van der Waals surface area (Å²) in [6.45, 7) is 3.77. The minimum absolute atomic E-state index is 0.0325. The fourth-order valence-electron chi connectivity index (χ4n) is 1.09. The second kappa shape index (κ2) is 5.07. The Bertz CT molecular complexity index is 446. The Morgan fingerprint density at radius 1 is 1.44 bits per heavy atom. The topological polar surface area (TPSA) is 63.2 Å². The molecule has 5 nitrogen and oxygen atoms in total. The fraction of sp³-hybridized carbons (Fsp3) is 0.556. The first-order valence-electron chi connectivity index (χ1n) is 4.85. The van der Waals surface area contributed by atoms with Crippen molar-refractivity contribution in [3.05, 3.63) is 17.7 Å². The van der Waals surface area contributed by atoms with Crippen molar-refractivity contribution in [3.63, 3.8) is 0 Å². The van der Waals surface area contributed by atoms with Gasteiger partial charge < -0.3 is 0 Å². The van der Waals surface area contributed by atoms with Gasteiger partial charge in [0.2, 0.25) is 15.3 Å². The molecule has 1 aromatic rings. The predicted octanol–water partition coefficient (Wildman–Crippen LogP) is 1.55. The molecule has 0 aliphatic rings. The Kier molecular flexibility index (Phi) is 4.23. The van der Waals surface area contributed by atoms with E-state index in [1.807, 2.05) is 13.8 Å². The fourth-order valence-corrected chi connectivity index (χ4v) is 2.52. The van der Waals surface area contributed by atoms with Crippen molar-refractivity contribution in [2.75, 3.05) is 7.05 Å². The maximum Gasteiger partial charge on any atom is 0.246 e. The van der Waals surface area contributed by atoms with Crippen LogP contribution in [-0.4, -0.2) is 35.8 Å². The molecule has 0 radical (unpaired) electrons. The van der Waals surface area contributed by atoms with Crippen molar-refractivity contribution in [2.45, 2.75) is 31.2 Å². The maximum atomic E-state index is 12.0. The summed E-state index contributed by atoms with van der Waals surface area (Å²) in [4.78, 5) is 7.38. The smallest absolute Gasteiger partial charge is 0.225 e. The van der Waals surface area contributed by atoms with Crippen molar-refractivity contribution < 1.29 is 8.42 Å². The average molecular weight is 264 g/mol. The van der Waals surface area contributed by atoms with Gasteiger partial charge in [0.05, 0.1) is 12.4 Å². The Balaban J connectivity index is 3.07. The summed E-state index contributed by atoms with van der Waals surface area (Å²) in [7, 11) is -1.98. The third-order valence-corrected chi connectivity index (χ3v) is 4.61. The van der Waals surface area contributed by atoms with Gasteiger partial charge in [-0.2, -0.15) is 4.31 Å². The summed E-state index contributed by atoms with van der Waals surface area (Å²) in [6.07, 6.45) is 3.16. The second-order valence-corrected chi connectivity index (χ2v) is 5.80. The van der Waals surface area contributed by atoms with Crippen molar-refractivity contribution in [1.82, 2.24) is 14.3 Å². The van der Waals surface area contributed by atoms with Crippen LogP contribution in [0.1, 0.15) is 20.3 Å². The Hall–Kier alpha value is -0.720. The third kappa shape index (κ3) is 2.69. The van der Waals surface area contributed by atoms with Gasteiger partial charge in [-0.05, 0) is 24.9 Å². The first-order valence-corrected chi connectivity index (χ1v) is 6.67. The van der Waals surface area contributed by atoms with E-state index < -0.39 is 10.0 Å². The van der Waals surface area contributed by atoms with E-state index in [1.54, 1.807) is 0 Å². The molecule has 0 spiro atoms.